The third kappa shape index (κ3) is 2.58. The third-order valence-corrected chi connectivity index (χ3v) is 2.75. The van der Waals surface area contributed by atoms with Crippen LogP contribution in [-0.4, -0.2) is 20.7 Å². The number of phenolic OH excluding ortho intramolecular Hbond substituents is 1. The van der Waals surface area contributed by atoms with E-state index in [9.17, 15) is 18.7 Å². The highest BCUT2D eigenvalue weighted by Crippen LogP contribution is 2.28. The fourth-order valence-electron chi connectivity index (χ4n) is 1.68. The first kappa shape index (κ1) is 13.5. The maximum Gasteiger partial charge on any atom is 0.282 e. The van der Waals surface area contributed by atoms with Crippen LogP contribution >= 0.6 is 11.6 Å². The fourth-order valence-corrected chi connectivity index (χ4v) is 1.85. The monoisotopic (exact) mass is 286 g/mol. The Labute approximate surface area is 112 Å². The van der Waals surface area contributed by atoms with Gasteiger partial charge in [0.2, 0.25) is 0 Å². The van der Waals surface area contributed by atoms with E-state index in [4.69, 9.17) is 11.6 Å². The van der Waals surface area contributed by atoms with Crippen molar-refractivity contribution in [2.24, 2.45) is 7.05 Å². The van der Waals surface area contributed by atoms with Crippen LogP contribution in [-0.2, 0) is 7.05 Å². The second-order valence-electron chi connectivity index (χ2n) is 3.89. The summed E-state index contributed by atoms with van der Waals surface area (Å²) in [6.45, 7) is 0. The molecule has 4 nitrogen and oxygen atoms in total. The van der Waals surface area contributed by atoms with E-state index in [1.54, 1.807) is 0 Å². The van der Waals surface area contributed by atoms with Crippen molar-refractivity contribution in [3.8, 4) is 5.75 Å². The number of aromatic hydroxyl groups is 1. The predicted molar refractivity (Wildman–Crippen MR) is 64.7 cm³/mol. The molecule has 0 bridgehead atoms. The standard InChI is InChI=1S/C12H9ClF2N2O2/c1-17-5-8(10(16-17)12(14)15)11(19)7-4-6(13)2-3-9(7)18/h2-5,12,18H,1H3. The summed E-state index contributed by atoms with van der Waals surface area (Å²) in [4.78, 5) is 12.2. The van der Waals surface area contributed by atoms with Gasteiger partial charge in [-0.1, -0.05) is 11.6 Å². The van der Waals surface area contributed by atoms with Gasteiger partial charge in [-0.3, -0.25) is 9.48 Å². The number of aryl methyl sites for hydroxylation is 1. The number of hydrogen-bond donors (Lipinski definition) is 1. The molecule has 0 spiro atoms. The largest absolute Gasteiger partial charge is 0.507 e. The van der Waals surface area contributed by atoms with Crippen LogP contribution < -0.4 is 0 Å². The van der Waals surface area contributed by atoms with Crippen LogP contribution in [0.5, 0.6) is 5.75 Å². The van der Waals surface area contributed by atoms with Crippen LogP contribution in [0.1, 0.15) is 28.0 Å². The molecule has 1 N–H and O–H groups in total. The number of alkyl halides is 2. The lowest BCUT2D eigenvalue weighted by atomic mass is 10.0. The van der Waals surface area contributed by atoms with E-state index in [0.717, 1.165) is 4.68 Å². The van der Waals surface area contributed by atoms with Gasteiger partial charge in [-0.25, -0.2) is 8.78 Å². The van der Waals surface area contributed by atoms with Gasteiger partial charge >= 0.3 is 0 Å². The van der Waals surface area contributed by atoms with E-state index >= 15 is 0 Å². The van der Waals surface area contributed by atoms with Gasteiger partial charge < -0.3 is 5.11 Å². The first-order chi connectivity index (χ1) is 8.90. The second-order valence-corrected chi connectivity index (χ2v) is 4.33. The first-order valence-corrected chi connectivity index (χ1v) is 5.63. The van der Waals surface area contributed by atoms with Gasteiger partial charge in [0.15, 0.2) is 5.78 Å². The Morgan fingerprint density at radius 3 is 2.74 bits per heavy atom. The molecule has 1 aromatic carbocycles. The number of phenols is 1. The highest BCUT2D eigenvalue weighted by atomic mass is 35.5. The minimum atomic E-state index is -2.87. The van der Waals surface area contributed by atoms with Crippen LogP contribution in [0.15, 0.2) is 24.4 Å². The maximum absolute atomic E-state index is 12.8. The zero-order valence-corrected chi connectivity index (χ0v) is 10.5. The quantitative estimate of drug-likeness (QED) is 0.883. The van der Waals surface area contributed by atoms with Crippen molar-refractivity contribution in [1.82, 2.24) is 9.78 Å². The predicted octanol–water partition coefficient (Wildman–Crippen LogP) is 2.95. The molecule has 0 amide bonds. The number of halogens is 3. The molecule has 0 unspecified atom stereocenters. The van der Waals surface area contributed by atoms with E-state index in [-0.39, 0.29) is 21.9 Å². The Bertz CT molecular complexity index is 641. The molecule has 0 aliphatic heterocycles. The second kappa shape index (κ2) is 4.97. The Balaban J connectivity index is 2.53. The van der Waals surface area contributed by atoms with Crippen LogP contribution in [0.4, 0.5) is 8.78 Å². The smallest absolute Gasteiger partial charge is 0.282 e. The molecule has 0 saturated carbocycles. The average molecular weight is 287 g/mol. The van der Waals surface area contributed by atoms with Gasteiger partial charge in [-0.15, -0.1) is 0 Å². The van der Waals surface area contributed by atoms with Gasteiger partial charge in [0.1, 0.15) is 11.4 Å². The number of hydrogen-bond acceptors (Lipinski definition) is 3. The molecule has 7 heteroatoms. The minimum absolute atomic E-state index is 0.137. The van der Waals surface area contributed by atoms with E-state index in [1.807, 2.05) is 0 Å². The van der Waals surface area contributed by atoms with Gasteiger partial charge in [0, 0.05) is 18.3 Å². The highest BCUT2D eigenvalue weighted by Gasteiger charge is 2.25. The van der Waals surface area contributed by atoms with E-state index in [2.05, 4.69) is 5.10 Å². The summed E-state index contributed by atoms with van der Waals surface area (Å²) in [5.74, 6) is -1.07. The molecule has 0 fully saturated rings. The summed E-state index contributed by atoms with van der Waals surface area (Å²) in [6.07, 6.45) is -1.69. The molecular weight excluding hydrogens is 278 g/mol. The molecule has 1 heterocycles. The van der Waals surface area contributed by atoms with Crippen LogP contribution in [0.2, 0.25) is 5.02 Å². The van der Waals surface area contributed by atoms with Crippen molar-refractivity contribution >= 4 is 17.4 Å². The molecule has 0 aliphatic carbocycles. The number of benzene rings is 1. The maximum atomic E-state index is 12.8. The lowest BCUT2D eigenvalue weighted by molar-refractivity contribution is 0.102. The molecule has 2 rings (SSSR count). The lowest BCUT2D eigenvalue weighted by Crippen LogP contribution is -2.04. The zero-order chi connectivity index (χ0) is 14.2. The Hall–Kier alpha value is -1.95. The molecule has 0 atom stereocenters. The van der Waals surface area contributed by atoms with Crippen molar-refractivity contribution in [3.63, 3.8) is 0 Å². The van der Waals surface area contributed by atoms with Crippen molar-refractivity contribution in [3.05, 3.63) is 46.2 Å². The number of carbonyl (C=O) groups excluding carboxylic acids is 1. The average Bonchev–Trinajstić information content (AvgIpc) is 2.74. The topological polar surface area (TPSA) is 55.1 Å². The number of aromatic nitrogens is 2. The van der Waals surface area contributed by atoms with Gasteiger partial charge in [-0.2, -0.15) is 5.10 Å². The summed E-state index contributed by atoms with van der Waals surface area (Å²) in [7, 11) is 1.43. The number of nitrogens with zero attached hydrogens (tertiary/aromatic N) is 2. The van der Waals surface area contributed by atoms with Gasteiger partial charge in [-0.05, 0) is 18.2 Å². The molecule has 0 saturated heterocycles. The summed E-state index contributed by atoms with van der Waals surface area (Å²) >= 11 is 5.72. The van der Waals surface area contributed by atoms with Crippen LogP contribution in [0.25, 0.3) is 0 Å². The van der Waals surface area contributed by atoms with Crippen molar-refractivity contribution in [1.29, 1.82) is 0 Å². The molecule has 19 heavy (non-hydrogen) atoms. The van der Waals surface area contributed by atoms with E-state index < -0.39 is 17.9 Å². The first-order valence-electron chi connectivity index (χ1n) is 5.25. The molecule has 0 radical (unpaired) electrons. The van der Waals surface area contributed by atoms with Crippen molar-refractivity contribution in [2.45, 2.75) is 6.43 Å². The number of rotatable bonds is 3. The van der Waals surface area contributed by atoms with Crippen LogP contribution in [0, 0.1) is 0 Å². The van der Waals surface area contributed by atoms with E-state index in [1.165, 1.54) is 31.4 Å². The van der Waals surface area contributed by atoms with Crippen LogP contribution in [0.3, 0.4) is 0 Å². The molecular formula is C12H9ClF2N2O2. The van der Waals surface area contributed by atoms with E-state index in [0.29, 0.717) is 0 Å². The fraction of sp³-hybridized carbons (Fsp3) is 0.167. The SMILES string of the molecule is Cn1cc(C(=O)c2cc(Cl)ccc2O)c(C(F)F)n1. The zero-order valence-electron chi connectivity index (χ0n) is 9.77. The van der Waals surface area contributed by atoms with Gasteiger partial charge in [0.05, 0.1) is 11.1 Å². The number of carbonyl (C=O) groups is 1. The number of ketones is 1. The lowest BCUT2D eigenvalue weighted by Gasteiger charge is -2.04. The highest BCUT2D eigenvalue weighted by molar-refractivity contribution is 6.31. The summed E-state index contributed by atoms with van der Waals surface area (Å²) < 4.78 is 26.7. The van der Waals surface area contributed by atoms with Crippen molar-refractivity contribution < 1.29 is 18.7 Å². The molecule has 1 aromatic heterocycles. The molecule has 2 aromatic rings. The summed E-state index contributed by atoms with van der Waals surface area (Å²) in [6, 6.07) is 3.85. The Kier molecular flexibility index (Phi) is 3.53. The van der Waals surface area contributed by atoms with Crippen molar-refractivity contribution in [2.75, 3.05) is 0 Å². The molecule has 100 valence electrons. The minimum Gasteiger partial charge on any atom is -0.507 e. The molecule has 0 aliphatic rings. The third-order valence-electron chi connectivity index (χ3n) is 2.51. The normalized spacial score (nSPS) is 11.0. The van der Waals surface area contributed by atoms with Gasteiger partial charge in [0.25, 0.3) is 6.43 Å². The Morgan fingerprint density at radius 2 is 2.11 bits per heavy atom. The summed E-state index contributed by atoms with van der Waals surface area (Å²) in [5.41, 5.74) is -1.01. The summed E-state index contributed by atoms with van der Waals surface area (Å²) in [5, 5.41) is 13.4. The Morgan fingerprint density at radius 1 is 1.42 bits per heavy atom.